The maximum atomic E-state index is 5.93. The normalized spacial score (nSPS) is 9.67. The first kappa shape index (κ1) is 9.87. The molecular formula is C12H10ClNO. The summed E-state index contributed by atoms with van der Waals surface area (Å²) in [5, 5.41) is 0.584. The van der Waals surface area contributed by atoms with Gasteiger partial charge in [-0.25, -0.2) is 5.48 Å². The fraction of sp³-hybridized carbons (Fsp3) is 0. The molecule has 0 unspecified atom stereocenters. The van der Waals surface area contributed by atoms with Crippen molar-refractivity contribution in [2.45, 2.75) is 0 Å². The molecule has 0 atom stereocenters. The van der Waals surface area contributed by atoms with Crippen LogP contribution in [0.3, 0.4) is 0 Å². The van der Waals surface area contributed by atoms with Crippen molar-refractivity contribution in [2.75, 3.05) is 5.48 Å². The van der Waals surface area contributed by atoms with Gasteiger partial charge in [0.2, 0.25) is 0 Å². The zero-order valence-electron chi connectivity index (χ0n) is 7.98. The molecule has 2 aromatic carbocycles. The summed E-state index contributed by atoms with van der Waals surface area (Å²) in [6.07, 6.45) is 0. The van der Waals surface area contributed by atoms with Crippen molar-refractivity contribution in [3.63, 3.8) is 0 Å². The Kier molecular flexibility index (Phi) is 3.10. The molecule has 0 aliphatic heterocycles. The van der Waals surface area contributed by atoms with Gasteiger partial charge in [0, 0.05) is 0 Å². The Morgan fingerprint density at radius 1 is 0.867 bits per heavy atom. The third-order valence-electron chi connectivity index (χ3n) is 1.89. The van der Waals surface area contributed by atoms with Gasteiger partial charge in [-0.2, -0.15) is 0 Å². The van der Waals surface area contributed by atoms with Crippen LogP contribution in [0.1, 0.15) is 0 Å². The molecule has 0 radical (unpaired) electrons. The van der Waals surface area contributed by atoms with Crippen molar-refractivity contribution in [3.05, 3.63) is 59.6 Å². The summed E-state index contributed by atoms with van der Waals surface area (Å²) in [4.78, 5) is 5.34. The second-order valence-electron chi connectivity index (χ2n) is 3.00. The predicted molar refractivity (Wildman–Crippen MR) is 62.1 cm³/mol. The number of benzene rings is 2. The molecule has 0 heterocycles. The first-order valence-electron chi connectivity index (χ1n) is 4.59. The van der Waals surface area contributed by atoms with E-state index in [-0.39, 0.29) is 0 Å². The summed E-state index contributed by atoms with van der Waals surface area (Å²) in [6.45, 7) is 0. The number of anilines is 1. The van der Waals surface area contributed by atoms with Gasteiger partial charge in [-0.1, -0.05) is 41.9 Å². The summed E-state index contributed by atoms with van der Waals surface area (Å²) in [5.41, 5.74) is 3.70. The van der Waals surface area contributed by atoms with Gasteiger partial charge in [0.25, 0.3) is 0 Å². The lowest BCUT2D eigenvalue weighted by Crippen LogP contribution is -2.04. The van der Waals surface area contributed by atoms with Crippen molar-refractivity contribution >= 4 is 17.3 Å². The Bertz CT molecular complexity index is 431. The van der Waals surface area contributed by atoms with E-state index in [1.165, 1.54) is 0 Å². The average Bonchev–Trinajstić information content (AvgIpc) is 2.29. The van der Waals surface area contributed by atoms with E-state index in [1.54, 1.807) is 12.1 Å². The van der Waals surface area contributed by atoms with Gasteiger partial charge in [-0.05, 0) is 24.3 Å². The van der Waals surface area contributed by atoms with Crippen LogP contribution in [0.2, 0.25) is 5.02 Å². The number of halogens is 1. The van der Waals surface area contributed by atoms with Crippen molar-refractivity contribution in [1.29, 1.82) is 0 Å². The third-order valence-corrected chi connectivity index (χ3v) is 2.20. The van der Waals surface area contributed by atoms with Crippen LogP contribution in [0.4, 0.5) is 5.69 Å². The third kappa shape index (κ3) is 2.64. The minimum absolute atomic E-state index is 0.584. The van der Waals surface area contributed by atoms with E-state index in [1.807, 2.05) is 42.5 Å². The van der Waals surface area contributed by atoms with Crippen LogP contribution in [0, 0.1) is 0 Å². The van der Waals surface area contributed by atoms with Gasteiger partial charge in [0.1, 0.15) is 0 Å². The van der Waals surface area contributed by atoms with Crippen LogP contribution >= 0.6 is 11.6 Å². The molecule has 0 fully saturated rings. The second kappa shape index (κ2) is 4.71. The Morgan fingerprint density at radius 2 is 1.53 bits per heavy atom. The number of hydrogen-bond acceptors (Lipinski definition) is 2. The van der Waals surface area contributed by atoms with Crippen molar-refractivity contribution in [2.24, 2.45) is 0 Å². The maximum absolute atomic E-state index is 5.93. The summed E-state index contributed by atoms with van der Waals surface area (Å²) in [6, 6.07) is 16.9. The van der Waals surface area contributed by atoms with E-state index in [0.717, 1.165) is 5.69 Å². The van der Waals surface area contributed by atoms with Gasteiger partial charge in [0.05, 0.1) is 10.7 Å². The fourth-order valence-electron chi connectivity index (χ4n) is 1.15. The zero-order valence-corrected chi connectivity index (χ0v) is 8.74. The Labute approximate surface area is 93.4 Å². The van der Waals surface area contributed by atoms with Crippen LogP contribution in [0.5, 0.6) is 5.75 Å². The number of hydrogen-bond donors (Lipinski definition) is 1. The molecule has 0 saturated heterocycles. The van der Waals surface area contributed by atoms with E-state index in [4.69, 9.17) is 16.4 Å². The molecule has 2 rings (SSSR count). The molecule has 15 heavy (non-hydrogen) atoms. The molecule has 0 amide bonds. The largest absolute Gasteiger partial charge is 0.381 e. The van der Waals surface area contributed by atoms with Crippen LogP contribution in [0.25, 0.3) is 0 Å². The monoisotopic (exact) mass is 219 g/mol. The molecule has 2 nitrogen and oxygen atoms in total. The molecule has 3 heteroatoms. The Morgan fingerprint density at radius 3 is 2.27 bits per heavy atom. The van der Waals surface area contributed by atoms with Gasteiger partial charge in [0.15, 0.2) is 5.75 Å². The van der Waals surface area contributed by atoms with E-state index >= 15 is 0 Å². The smallest absolute Gasteiger partial charge is 0.173 e. The summed E-state index contributed by atoms with van der Waals surface area (Å²) >= 11 is 5.93. The van der Waals surface area contributed by atoms with Crippen LogP contribution in [0.15, 0.2) is 54.6 Å². The summed E-state index contributed by atoms with van der Waals surface area (Å²) in [5.74, 6) is 0.614. The molecule has 1 N–H and O–H groups in total. The average molecular weight is 220 g/mol. The molecular weight excluding hydrogens is 210 g/mol. The fourth-order valence-corrected chi connectivity index (χ4v) is 1.32. The van der Waals surface area contributed by atoms with Crippen LogP contribution in [-0.2, 0) is 0 Å². The van der Waals surface area contributed by atoms with E-state index in [0.29, 0.717) is 10.8 Å². The van der Waals surface area contributed by atoms with Crippen molar-refractivity contribution in [1.82, 2.24) is 0 Å². The summed E-state index contributed by atoms with van der Waals surface area (Å²) in [7, 11) is 0. The highest BCUT2D eigenvalue weighted by atomic mass is 35.5. The van der Waals surface area contributed by atoms with Crippen molar-refractivity contribution in [3.8, 4) is 5.75 Å². The lowest BCUT2D eigenvalue weighted by molar-refractivity contribution is 0.405. The number of nitrogens with one attached hydrogen (secondary N) is 1. The molecule has 2 aromatic rings. The Balaban J connectivity index is 2.03. The highest BCUT2D eigenvalue weighted by Gasteiger charge is 1.99. The van der Waals surface area contributed by atoms with Gasteiger partial charge >= 0.3 is 0 Å². The SMILES string of the molecule is Clc1ccccc1ONc1ccccc1. The van der Waals surface area contributed by atoms with Crippen LogP contribution in [-0.4, -0.2) is 0 Å². The lowest BCUT2D eigenvalue weighted by Gasteiger charge is -2.08. The lowest BCUT2D eigenvalue weighted by atomic mass is 10.3. The van der Waals surface area contributed by atoms with E-state index in [2.05, 4.69) is 5.48 Å². The molecule has 76 valence electrons. The van der Waals surface area contributed by atoms with Crippen molar-refractivity contribution < 1.29 is 4.84 Å². The molecule has 0 aliphatic rings. The first-order valence-corrected chi connectivity index (χ1v) is 4.96. The van der Waals surface area contributed by atoms with E-state index < -0.39 is 0 Å². The zero-order chi connectivity index (χ0) is 10.5. The standard InChI is InChI=1S/C12H10ClNO/c13-11-8-4-5-9-12(11)15-14-10-6-2-1-3-7-10/h1-9,14H. The first-order chi connectivity index (χ1) is 7.36. The minimum atomic E-state index is 0.584. The highest BCUT2D eigenvalue weighted by Crippen LogP contribution is 2.23. The van der Waals surface area contributed by atoms with Gasteiger partial charge in [-0.15, -0.1) is 0 Å². The molecule has 0 aliphatic carbocycles. The predicted octanol–water partition coefficient (Wildman–Crippen LogP) is 3.75. The summed E-state index contributed by atoms with van der Waals surface area (Å²) < 4.78 is 0. The molecule has 0 aromatic heterocycles. The van der Waals surface area contributed by atoms with Gasteiger partial charge < -0.3 is 4.84 Å². The maximum Gasteiger partial charge on any atom is 0.173 e. The second-order valence-corrected chi connectivity index (χ2v) is 3.41. The molecule has 0 spiro atoms. The minimum Gasteiger partial charge on any atom is -0.381 e. The topological polar surface area (TPSA) is 21.3 Å². The molecule has 0 bridgehead atoms. The van der Waals surface area contributed by atoms with Gasteiger partial charge in [-0.3, -0.25) is 0 Å². The Hall–Kier alpha value is -1.67. The van der Waals surface area contributed by atoms with E-state index in [9.17, 15) is 0 Å². The van der Waals surface area contributed by atoms with Crippen LogP contribution < -0.4 is 10.3 Å². The number of para-hydroxylation sites is 2. The highest BCUT2D eigenvalue weighted by molar-refractivity contribution is 6.32. The quantitative estimate of drug-likeness (QED) is 0.794. The number of rotatable bonds is 3. The molecule has 0 saturated carbocycles.